The number of nitrogens with zero attached hydrogens (tertiary/aromatic N) is 4. The molecule has 140 valence electrons. The molecule has 1 unspecified atom stereocenters. The van der Waals surface area contributed by atoms with Crippen LogP contribution >= 0.6 is 0 Å². The van der Waals surface area contributed by atoms with Gasteiger partial charge in [-0.3, -0.25) is 0 Å². The Balaban J connectivity index is 2.08. The molecule has 0 aromatic carbocycles. The molecule has 0 saturated carbocycles. The van der Waals surface area contributed by atoms with Crippen molar-refractivity contribution in [2.75, 3.05) is 31.1 Å². The number of halogens is 3. The zero-order valence-electron chi connectivity index (χ0n) is 14.2. The van der Waals surface area contributed by atoms with E-state index in [9.17, 15) is 23.1 Å². The lowest BCUT2D eigenvalue weighted by Gasteiger charge is -2.41. The van der Waals surface area contributed by atoms with Gasteiger partial charge in [0.2, 0.25) is 0 Å². The maximum atomic E-state index is 12.6. The van der Waals surface area contributed by atoms with Gasteiger partial charge in [-0.25, -0.2) is 14.8 Å². The highest BCUT2D eigenvalue weighted by Gasteiger charge is 2.35. The first kappa shape index (κ1) is 19.2. The van der Waals surface area contributed by atoms with Gasteiger partial charge >= 0.3 is 12.3 Å². The van der Waals surface area contributed by atoms with Crippen LogP contribution in [0, 0.1) is 0 Å². The Labute approximate surface area is 143 Å². The van der Waals surface area contributed by atoms with Crippen molar-refractivity contribution in [3.63, 3.8) is 0 Å². The topological polar surface area (TPSA) is 78.8 Å². The molecule has 1 aliphatic heterocycles. The summed E-state index contributed by atoms with van der Waals surface area (Å²) in [5.41, 5.74) is -1.72. The lowest BCUT2D eigenvalue weighted by atomic mass is 10.1. The molecule has 1 atom stereocenters. The Morgan fingerprint density at radius 1 is 1.28 bits per heavy atom. The summed E-state index contributed by atoms with van der Waals surface area (Å²) < 4.78 is 43.0. The lowest BCUT2D eigenvalue weighted by molar-refractivity contribution is -0.141. The summed E-state index contributed by atoms with van der Waals surface area (Å²) in [4.78, 5) is 22.4. The van der Waals surface area contributed by atoms with Crippen molar-refractivity contribution in [3.8, 4) is 0 Å². The summed E-state index contributed by atoms with van der Waals surface area (Å²) in [5.74, 6) is 0.218. The molecule has 7 nitrogen and oxygen atoms in total. The minimum Gasteiger partial charge on any atom is -0.444 e. The second kappa shape index (κ2) is 7.03. The zero-order valence-corrected chi connectivity index (χ0v) is 14.2. The average molecular weight is 362 g/mol. The summed E-state index contributed by atoms with van der Waals surface area (Å²) in [5, 5.41) is 9.59. The van der Waals surface area contributed by atoms with E-state index in [2.05, 4.69) is 9.97 Å². The van der Waals surface area contributed by atoms with Gasteiger partial charge in [0.05, 0.1) is 25.0 Å². The fourth-order valence-electron chi connectivity index (χ4n) is 2.42. The fraction of sp³-hybridized carbons (Fsp3) is 0.667. The highest BCUT2D eigenvalue weighted by atomic mass is 19.4. The van der Waals surface area contributed by atoms with Gasteiger partial charge in [0.1, 0.15) is 11.4 Å². The number of hydrogen-bond donors (Lipinski definition) is 1. The molecule has 1 aliphatic rings. The van der Waals surface area contributed by atoms with Gasteiger partial charge < -0.3 is 19.6 Å². The number of ether oxygens (including phenoxy) is 1. The molecule has 1 N–H and O–H groups in total. The fourth-order valence-corrected chi connectivity index (χ4v) is 2.42. The summed E-state index contributed by atoms with van der Waals surface area (Å²) in [6.07, 6.45) is -3.38. The summed E-state index contributed by atoms with van der Waals surface area (Å²) in [6.45, 7) is 5.74. The van der Waals surface area contributed by atoms with Crippen LogP contribution in [-0.2, 0) is 10.9 Å². The summed E-state index contributed by atoms with van der Waals surface area (Å²) in [7, 11) is 0. The molecule has 1 saturated heterocycles. The van der Waals surface area contributed by atoms with Crippen molar-refractivity contribution in [2.45, 2.75) is 38.6 Å². The normalized spacial score (nSPS) is 19.1. The Bertz CT molecular complexity index is 602. The van der Waals surface area contributed by atoms with Crippen LogP contribution < -0.4 is 4.90 Å². The van der Waals surface area contributed by atoms with Gasteiger partial charge in [0, 0.05) is 19.6 Å². The van der Waals surface area contributed by atoms with E-state index in [-0.39, 0.29) is 19.0 Å². The number of aliphatic hydroxyl groups excluding tert-OH is 1. The number of aromatic nitrogens is 2. The van der Waals surface area contributed by atoms with Gasteiger partial charge in [-0.05, 0) is 20.8 Å². The quantitative estimate of drug-likeness (QED) is 0.866. The minimum absolute atomic E-state index is 0.175. The Hall–Kier alpha value is -2.10. The standard InChI is InChI=1S/C15H21F3N4O3/c1-14(2,3)25-13(24)21-4-5-22(10(8-21)9-23)12-7-19-11(6-20-12)15(16,17)18/h6-7,10,23H,4-5,8-9H2,1-3H3. The predicted molar refractivity (Wildman–Crippen MR) is 83.1 cm³/mol. The third-order valence-electron chi connectivity index (χ3n) is 3.57. The van der Waals surface area contributed by atoms with Crippen LogP contribution in [0.3, 0.4) is 0 Å². The van der Waals surface area contributed by atoms with E-state index >= 15 is 0 Å². The van der Waals surface area contributed by atoms with Gasteiger partial charge in [-0.1, -0.05) is 0 Å². The number of amides is 1. The lowest BCUT2D eigenvalue weighted by Crippen LogP contribution is -2.57. The van der Waals surface area contributed by atoms with Gasteiger partial charge in [-0.2, -0.15) is 13.2 Å². The van der Waals surface area contributed by atoms with E-state index in [0.717, 1.165) is 6.20 Å². The van der Waals surface area contributed by atoms with Crippen LogP contribution in [0.5, 0.6) is 0 Å². The number of anilines is 1. The van der Waals surface area contributed by atoms with Crippen molar-refractivity contribution in [3.05, 3.63) is 18.1 Å². The van der Waals surface area contributed by atoms with Crippen molar-refractivity contribution in [2.24, 2.45) is 0 Å². The van der Waals surface area contributed by atoms with Gasteiger partial charge in [-0.15, -0.1) is 0 Å². The molecule has 2 rings (SSSR count). The molecule has 0 aliphatic carbocycles. The minimum atomic E-state index is -4.56. The highest BCUT2D eigenvalue weighted by Crippen LogP contribution is 2.28. The number of rotatable bonds is 2. The van der Waals surface area contributed by atoms with Crippen molar-refractivity contribution in [1.82, 2.24) is 14.9 Å². The van der Waals surface area contributed by atoms with E-state index in [1.165, 1.54) is 4.90 Å². The van der Waals surface area contributed by atoms with Gasteiger partial charge in [0.25, 0.3) is 0 Å². The monoisotopic (exact) mass is 362 g/mol. The average Bonchev–Trinajstić information content (AvgIpc) is 2.52. The highest BCUT2D eigenvalue weighted by molar-refractivity contribution is 5.68. The van der Waals surface area contributed by atoms with E-state index in [1.54, 1.807) is 25.7 Å². The first-order valence-electron chi connectivity index (χ1n) is 7.76. The van der Waals surface area contributed by atoms with Crippen LogP contribution in [0.4, 0.5) is 23.8 Å². The predicted octanol–water partition coefficient (Wildman–Crippen LogP) is 1.91. The van der Waals surface area contributed by atoms with E-state index in [4.69, 9.17) is 4.74 Å². The second-order valence-corrected chi connectivity index (χ2v) is 6.71. The van der Waals surface area contributed by atoms with Crippen molar-refractivity contribution < 1.29 is 27.8 Å². The van der Waals surface area contributed by atoms with Crippen LogP contribution in [0.1, 0.15) is 26.5 Å². The molecule has 10 heteroatoms. The molecule has 0 spiro atoms. The van der Waals surface area contributed by atoms with E-state index in [1.807, 2.05) is 0 Å². The third kappa shape index (κ3) is 4.94. The second-order valence-electron chi connectivity index (χ2n) is 6.71. The number of hydrogen-bond acceptors (Lipinski definition) is 6. The molecular weight excluding hydrogens is 341 g/mol. The van der Waals surface area contributed by atoms with E-state index in [0.29, 0.717) is 19.3 Å². The van der Waals surface area contributed by atoms with Crippen molar-refractivity contribution >= 4 is 11.9 Å². The van der Waals surface area contributed by atoms with Crippen LogP contribution in [0.15, 0.2) is 12.4 Å². The van der Waals surface area contributed by atoms with Crippen molar-refractivity contribution in [1.29, 1.82) is 0 Å². The first-order chi connectivity index (χ1) is 11.5. The largest absolute Gasteiger partial charge is 0.444 e. The molecular formula is C15H21F3N4O3. The molecule has 1 amide bonds. The molecule has 0 radical (unpaired) electrons. The molecule has 25 heavy (non-hydrogen) atoms. The number of aliphatic hydroxyl groups is 1. The number of piperazine rings is 1. The smallest absolute Gasteiger partial charge is 0.434 e. The molecule has 1 aromatic rings. The molecule has 1 fully saturated rings. The van der Waals surface area contributed by atoms with E-state index < -0.39 is 29.6 Å². The third-order valence-corrected chi connectivity index (χ3v) is 3.57. The first-order valence-corrected chi connectivity index (χ1v) is 7.76. The Kier molecular flexibility index (Phi) is 5.40. The number of carbonyl (C=O) groups is 1. The van der Waals surface area contributed by atoms with Crippen LogP contribution in [-0.4, -0.2) is 64.0 Å². The molecule has 0 bridgehead atoms. The maximum Gasteiger partial charge on any atom is 0.434 e. The zero-order chi connectivity index (χ0) is 18.8. The molecule has 2 heterocycles. The van der Waals surface area contributed by atoms with Crippen LogP contribution in [0.25, 0.3) is 0 Å². The molecule has 1 aromatic heterocycles. The SMILES string of the molecule is CC(C)(C)OC(=O)N1CCN(c2cnc(C(F)(F)F)cn2)C(CO)C1. The number of alkyl halides is 3. The summed E-state index contributed by atoms with van der Waals surface area (Å²) >= 11 is 0. The Morgan fingerprint density at radius 2 is 1.96 bits per heavy atom. The number of carbonyl (C=O) groups excluding carboxylic acids is 1. The summed E-state index contributed by atoms with van der Waals surface area (Å²) in [6, 6.07) is -0.507. The van der Waals surface area contributed by atoms with Crippen LogP contribution in [0.2, 0.25) is 0 Å². The van der Waals surface area contributed by atoms with Gasteiger partial charge in [0.15, 0.2) is 5.69 Å². The Morgan fingerprint density at radius 3 is 2.44 bits per heavy atom. The maximum absolute atomic E-state index is 12.6.